The van der Waals surface area contributed by atoms with Gasteiger partial charge in [-0.3, -0.25) is 9.59 Å². The molecule has 14 heteroatoms. The summed E-state index contributed by atoms with van der Waals surface area (Å²) in [5.41, 5.74) is 23.2. The van der Waals surface area contributed by atoms with E-state index in [1.54, 1.807) is 0 Å². The number of hydrogen-bond acceptors (Lipinski definition) is 8. The zero-order valence-electron chi connectivity index (χ0n) is 11.3. The van der Waals surface area contributed by atoms with Gasteiger partial charge < -0.3 is 9.57 Å². The molecule has 1 unspecified atom stereocenters. The topological polar surface area (TPSA) is 225 Å². The summed E-state index contributed by atoms with van der Waals surface area (Å²) >= 11 is 0. The fourth-order valence-corrected chi connectivity index (χ4v) is 1.43. The van der Waals surface area contributed by atoms with E-state index in [2.05, 4.69) is 45.5 Å². The first-order chi connectivity index (χ1) is 10.6. The van der Waals surface area contributed by atoms with E-state index in [9.17, 15) is 9.59 Å². The molecule has 0 saturated carbocycles. The molecule has 0 aliphatic heterocycles. The van der Waals surface area contributed by atoms with Gasteiger partial charge in [-0.15, -0.1) is 0 Å². The number of esters is 1. The van der Waals surface area contributed by atoms with Crippen LogP contribution in [0.1, 0.15) is 19.3 Å². The Hall–Kier alpha value is -3.17. The standard InChI is InChI=1S/C8H12N10O4/c9-16-13-4-8(15-18-11,3-1-2-6(19)22-12)7(20)21-5-14-17-10/h1-5,12H2. The quantitative estimate of drug-likeness (QED) is 0.208. The van der Waals surface area contributed by atoms with Crippen molar-refractivity contribution >= 4 is 11.9 Å². The van der Waals surface area contributed by atoms with Crippen molar-refractivity contribution in [3.05, 3.63) is 31.3 Å². The van der Waals surface area contributed by atoms with Crippen LogP contribution in [0.2, 0.25) is 0 Å². The first-order valence-corrected chi connectivity index (χ1v) is 5.71. The minimum atomic E-state index is -1.86. The van der Waals surface area contributed by atoms with Crippen LogP contribution < -0.4 is 5.90 Å². The second-order valence-electron chi connectivity index (χ2n) is 3.75. The lowest BCUT2D eigenvalue weighted by Crippen LogP contribution is -2.41. The minimum Gasteiger partial charge on any atom is -0.459 e. The van der Waals surface area contributed by atoms with Crippen molar-refractivity contribution < 1.29 is 19.2 Å². The van der Waals surface area contributed by atoms with Crippen LogP contribution in [0.25, 0.3) is 31.3 Å². The molecule has 0 spiro atoms. The van der Waals surface area contributed by atoms with Gasteiger partial charge in [0, 0.05) is 27.7 Å². The first kappa shape index (κ1) is 18.8. The minimum absolute atomic E-state index is 0.0482. The normalized spacial score (nSPS) is 11.7. The van der Waals surface area contributed by atoms with Crippen LogP contribution in [-0.2, 0) is 19.2 Å². The lowest BCUT2D eigenvalue weighted by atomic mass is 9.93. The lowest BCUT2D eigenvalue weighted by molar-refractivity contribution is -0.150. The third kappa shape index (κ3) is 6.32. The average molecular weight is 312 g/mol. The maximum absolute atomic E-state index is 12.0. The Balaban J connectivity index is 5.16. The molecule has 0 radical (unpaired) electrons. The van der Waals surface area contributed by atoms with E-state index in [-0.39, 0.29) is 19.3 Å². The lowest BCUT2D eigenvalue weighted by Gasteiger charge is -2.24. The summed E-state index contributed by atoms with van der Waals surface area (Å²) < 4.78 is 4.63. The van der Waals surface area contributed by atoms with E-state index < -0.39 is 30.8 Å². The number of nitrogens with zero attached hydrogens (tertiary/aromatic N) is 9. The second kappa shape index (κ2) is 10.6. The third-order valence-corrected chi connectivity index (χ3v) is 2.43. The molecule has 0 amide bonds. The fraction of sp³-hybridized carbons (Fsp3) is 0.750. The van der Waals surface area contributed by atoms with Crippen LogP contribution in [0.5, 0.6) is 0 Å². The van der Waals surface area contributed by atoms with Gasteiger partial charge in [-0.25, -0.2) is 0 Å². The summed E-state index contributed by atoms with van der Waals surface area (Å²) in [6, 6.07) is 0. The number of ether oxygens (including phenoxy) is 1. The molecule has 0 bridgehead atoms. The summed E-state index contributed by atoms with van der Waals surface area (Å²) in [5.74, 6) is 2.88. The van der Waals surface area contributed by atoms with E-state index in [4.69, 9.17) is 16.6 Å². The molecule has 118 valence electrons. The van der Waals surface area contributed by atoms with Crippen LogP contribution in [-0.4, -0.2) is 30.8 Å². The molecule has 0 aromatic rings. The van der Waals surface area contributed by atoms with Gasteiger partial charge in [-0.05, 0) is 29.4 Å². The van der Waals surface area contributed by atoms with E-state index >= 15 is 0 Å². The summed E-state index contributed by atoms with van der Waals surface area (Å²) in [5, 5.41) is 9.51. The summed E-state index contributed by atoms with van der Waals surface area (Å²) in [6.45, 7) is -1.15. The Morgan fingerprint density at radius 1 is 1.14 bits per heavy atom. The maximum atomic E-state index is 12.0. The summed E-state index contributed by atoms with van der Waals surface area (Å²) in [4.78, 5) is 34.3. The predicted molar refractivity (Wildman–Crippen MR) is 70.1 cm³/mol. The van der Waals surface area contributed by atoms with Crippen LogP contribution in [0, 0.1) is 0 Å². The zero-order chi connectivity index (χ0) is 16.8. The van der Waals surface area contributed by atoms with Gasteiger partial charge in [0.05, 0.1) is 0 Å². The van der Waals surface area contributed by atoms with Crippen molar-refractivity contribution in [2.24, 2.45) is 21.2 Å². The number of carbonyl (C=O) groups is 2. The fourth-order valence-electron chi connectivity index (χ4n) is 1.43. The van der Waals surface area contributed by atoms with E-state index in [0.717, 1.165) is 0 Å². The van der Waals surface area contributed by atoms with Crippen molar-refractivity contribution in [3.63, 3.8) is 0 Å². The molecule has 2 N–H and O–H groups in total. The van der Waals surface area contributed by atoms with Gasteiger partial charge in [0.2, 0.25) is 0 Å². The molecule has 0 heterocycles. The summed E-state index contributed by atoms with van der Waals surface area (Å²) in [6.07, 6.45) is -0.272. The molecule has 0 fully saturated rings. The second-order valence-corrected chi connectivity index (χ2v) is 3.75. The van der Waals surface area contributed by atoms with Gasteiger partial charge >= 0.3 is 11.9 Å². The highest BCUT2D eigenvalue weighted by Gasteiger charge is 2.38. The average Bonchev–Trinajstić information content (AvgIpc) is 2.52. The smallest absolute Gasteiger partial charge is 0.324 e. The SMILES string of the molecule is [N-]=[N+]=NCOC(=O)C(CCCC(=O)ON)(CN=[N+]=[N-])N=[N+]=[N-]. The van der Waals surface area contributed by atoms with Crippen LogP contribution >= 0.6 is 0 Å². The Kier molecular flexibility index (Phi) is 9.07. The molecule has 0 aliphatic carbocycles. The molecule has 22 heavy (non-hydrogen) atoms. The van der Waals surface area contributed by atoms with Crippen molar-refractivity contribution in [3.8, 4) is 0 Å². The van der Waals surface area contributed by atoms with Gasteiger partial charge in [0.15, 0.2) is 12.3 Å². The summed E-state index contributed by atoms with van der Waals surface area (Å²) in [7, 11) is 0. The van der Waals surface area contributed by atoms with Gasteiger partial charge in [-0.1, -0.05) is 15.3 Å². The molecule has 0 saturated heterocycles. The van der Waals surface area contributed by atoms with E-state index in [1.807, 2.05) is 0 Å². The maximum Gasteiger partial charge on any atom is 0.324 e. The molecule has 0 aliphatic rings. The number of hydrogen-bond donors (Lipinski definition) is 1. The number of nitrogens with two attached hydrogens (primary N) is 1. The molecular formula is C8H12N10O4. The van der Waals surface area contributed by atoms with Crippen LogP contribution in [0.15, 0.2) is 15.3 Å². The van der Waals surface area contributed by atoms with Gasteiger partial charge in [0.1, 0.15) is 0 Å². The zero-order valence-corrected chi connectivity index (χ0v) is 11.3. The number of rotatable bonds is 10. The Morgan fingerprint density at radius 2 is 1.82 bits per heavy atom. The highest BCUT2D eigenvalue weighted by atomic mass is 16.7. The highest BCUT2D eigenvalue weighted by molar-refractivity contribution is 5.81. The predicted octanol–water partition coefficient (Wildman–Crippen LogP) is 1.74. The van der Waals surface area contributed by atoms with E-state index in [0.29, 0.717) is 0 Å². The number of azide groups is 3. The first-order valence-electron chi connectivity index (χ1n) is 5.71. The number of carbonyl (C=O) groups excluding carboxylic acids is 2. The van der Waals surface area contributed by atoms with Gasteiger partial charge in [0.25, 0.3) is 0 Å². The Labute approximate surface area is 123 Å². The Bertz CT molecular complexity index is 545. The third-order valence-electron chi connectivity index (χ3n) is 2.43. The molecule has 1 atom stereocenters. The molecule has 0 aromatic carbocycles. The molecular weight excluding hydrogens is 300 g/mol. The monoisotopic (exact) mass is 312 g/mol. The Morgan fingerprint density at radius 3 is 2.36 bits per heavy atom. The molecule has 0 rings (SSSR count). The van der Waals surface area contributed by atoms with Crippen molar-refractivity contribution in [2.75, 3.05) is 13.3 Å². The van der Waals surface area contributed by atoms with Crippen molar-refractivity contribution in [1.29, 1.82) is 0 Å². The van der Waals surface area contributed by atoms with Crippen LogP contribution in [0.3, 0.4) is 0 Å². The largest absolute Gasteiger partial charge is 0.459 e. The highest BCUT2D eigenvalue weighted by Crippen LogP contribution is 2.23. The molecule has 0 aromatic heterocycles. The van der Waals surface area contributed by atoms with E-state index in [1.165, 1.54) is 0 Å². The van der Waals surface area contributed by atoms with Crippen molar-refractivity contribution in [2.45, 2.75) is 24.8 Å². The van der Waals surface area contributed by atoms with Crippen LogP contribution in [0.4, 0.5) is 0 Å². The van der Waals surface area contributed by atoms with Crippen molar-refractivity contribution in [1.82, 2.24) is 0 Å². The molecule has 14 nitrogen and oxygen atoms in total. The van der Waals surface area contributed by atoms with Gasteiger partial charge in [-0.2, -0.15) is 5.90 Å².